The lowest BCUT2D eigenvalue weighted by molar-refractivity contribution is -0.143. The molecule has 0 unspecified atom stereocenters. The van der Waals surface area contributed by atoms with Crippen LogP contribution in [0.15, 0.2) is 18.2 Å². The van der Waals surface area contributed by atoms with Gasteiger partial charge in [0.25, 0.3) is 0 Å². The molecule has 1 saturated heterocycles. The van der Waals surface area contributed by atoms with E-state index in [2.05, 4.69) is 16.0 Å². The quantitative estimate of drug-likeness (QED) is 0.531. The van der Waals surface area contributed by atoms with Crippen LogP contribution in [-0.4, -0.2) is 60.2 Å². The van der Waals surface area contributed by atoms with Crippen LogP contribution in [0.4, 0.5) is 0 Å². The molecule has 1 aliphatic heterocycles. The third kappa shape index (κ3) is 8.96. The predicted molar refractivity (Wildman–Crippen MR) is 142 cm³/mol. The number of carbonyl (C=O) groups excluding carboxylic acids is 4. The molecular formula is C26H38Cl2N4O4. The SMILES string of the molecule is CC[C@H]1NC(=O)[C@H](Cc2cc(Cl)ccc2Cl)N(C)C(=O)[C@H](CC(C)C)NC(=O)CCCCCNC1=O. The van der Waals surface area contributed by atoms with Crippen LogP contribution >= 0.6 is 23.2 Å². The van der Waals surface area contributed by atoms with Gasteiger partial charge >= 0.3 is 0 Å². The van der Waals surface area contributed by atoms with Crippen molar-refractivity contribution in [2.45, 2.75) is 83.8 Å². The number of halogens is 2. The molecule has 1 aliphatic rings. The molecule has 4 amide bonds. The van der Waals surface area contributed by atoms with Crippen molar-refractivity contribution in [1.82, 2.24) is 20.9 Å². The first-order chi connectivity index (χ1) is 17.0. The molecule has 2 rings (SSSR count). The van der Waals surface area contributed by atoms with Gasteiger partial charge in [-0.25, -0.2) is 0 Å². The van der Waals surface area contributed by atoms with Crippen LogP contribution in [0.1, 0.15) is 64.9 Å². The molecule has 200 valence electrons. The van der Waals surface area contributed by atoms with E-state index in [4.69, 9.17) is 23.2 Å². The maximum atomic E-state index is 13.6. The smallest absolute Gasteiger partial charge is 0.245 e. The summed E-state index contributed by atoms with van der Waals surface area (Å²) in [6, 6.07) is 2.45. The zero-order chi connectivity index (χ0) is 26.8. The Kier molecular flexibility index (Phi) is 12.0. The van der Waals surface area contributed by atoms with Gasteiger partial charge in [-0.05, 0) is 55.4 Å². The first kappa shape index (κ1) is 29.9. The second-order valence-electron chi connectivity index (χ2n) is 9.73. The highest BCUT2D eigenvalue weighted by molar-refractivity contribution is 6.33. The lowest BCUT2D eigenvalue weighted by atomic mass is 9.99. The van der Waals surface area contributed by atoms with Crippen molar-refractivity contribution in [3.8, 4) is 0 Å². The lowest BCUT2D eigenvalue weighted by Gasteiger charge is -2.33. The van der Waals surface area contributed by atoms with Gasteiger partial charge in [0.2, 0.25) is 23.6 Å². The summed E-state index contributed by atoms with van der Waals surface area (Å²) in [5, 5.41) is 9.41. The summed E-state index contributed by atoms with van der Waals surface area (Å²) in [5.74, 6) is -1.20. The minimum absolute atomic E-state index is 0.0911. The molecule has 1 fully saturated rings. The Morgan fingerprint density at radius 1 is 1.00 bits per heavy atom. The van der Waals surface area contributed by atoms with E-state index < -0.39 is 24.0 Å². The molecule has 1 heterocycles. The fourth-order valence-corrected chi connectivity index (χ4v) is 4.60. The van der Waals surface area contributed by atoms with Crippen molar-refractivity contribution in [3.63, 3.8) is 0 Å². The van der Waals surface area contributed by atoms with Crippen molar-refractivity contribution < 1.29 is 19.2 Å². The van der Waals surface area contributed by atoms with Crippen molar-refractivity contribution in [1.29, 1.82) is 0 Å². The molecule has 1 aromatic carbocycles. The fourth-order valence-electron chi connectivity index (χ4n) is 4.22. The molecule has 0 radical (unpaired) electrons. The van der Waals surface area contributed by atoms with Gasteiger partial charge in [-0.3, -0.25) is 19.2 Å². The molecule has 3 atom stereocenters. The van der Waals surface area contributed by atoms with Gasteiger partial charge in [0.15, 0.2) is 0 Å². The number of hydrogen-bond acceptors (Lipinski definition) is 4. The van der Waals surface area contributed by atoms with Gasteiger partial charge in [0, 0.05) is 36.5 Å². The summed E-state index contributed by atoms with van der Waals surface area (Å²) in [4.78, 5) is 53.8. The van der Waals surface area contributed by atoms with Crippen LogP contribution in [0.2, 0.25) is 10.0 Å². The van der Waals surface area contributed by atoms with Crippen molar-refractivity contribution in [3.05, 3.63) is 33.8 Å². The van der Waals surface area contributed by atoms with E-state index in [-0.39, 0.29) is 30.1 Å². The molecule has 36 heavy (non-hydrogen) atoms. The Balaban J connectivity index is 2.44. The molecule has 0 aromatic heterocycles. The highest BCUT2D eigenvalue weighted by Crippen LogP contribution is 2.24. The Bertz CT molecular complexity index is 941. The number of carbonyl (C=O) groups is 4. The van der Waals surface area contributed by atoms with Crippen LogP contribution in [-0.2, 0) is 25.6 Å². The van der Waals surface area contributed by atoms with E-state index in [1.807, 2.05) is 20.8 Å². The van der Waals surface area contributed by atoms with Crippen LogP contribution in [0.25, 0.3) is 0 Å². The largest absolute Gasteiger partial charge is 0.354 e. The van der Waals surface area contributed by atoms with Gasteiger partial charge in [-0.15, -0.1) is 0 Å². The molecule has 0 saturated carbocycles. The Labute approximate surface area is 223 Å². The third-order valence-corrected chi connectivity index (χ3v) is 6.90. The lowest BCUT2D eigenvalue weighted by Crippen LogP contribution is -2.58. The van der Waals surface area contributed by atoms with Crippen LogP contribution < -0.4 is 16.0 Å². The van der Waals surface area contributed by atoms with E-state index in [1.165, 1.54) is 11.9 Å². The minimum Gasteiger partial charge on any atom is -0.354 e. The molecule has 0 aliphatic carbocycles. The number of amides is 4. The minimum atomic E-state index is -0.977. The zero-order valence-corrected chi connectivity index (χ0v) is 23.0. The van der Waals surface area contributed by atoms with Gasteiger partial charge in [0.05, 0.1) is 0 Å². The molecule has 1 aromatic rings. The number of hydrogen-bond donors (Lipinski definition) is 3. The second-order valence-corrected chi connectivity index (χ2v) is 10.6. The standard InChI is InChI=1S/C26H38Cl2N4O4/c1-5-20-24(34)29-12-8-6-7-9-23(33)30-21(13-16(2)3)26(36)32(4)22(25(35)31-20)15-17-14-18(27)10-11-19(17)28/h10-11,14,16,20-22H,5-9,12-13,15H2,1-4H3,(H,29,34)(H,30,33)(H,31,35)/t20-,21+,22+/m1/s1. The maximum Gasteiger partial charge on any atom is 0.245 e. The first-order valence-corrected chi connectivity index (χ1v) is 13.4. The highest BCUT2D eigenvalue weighted by atomic mass is 35.5. The molecule has 10 heteroatoms. The van der Waals surface area contributed by atoms with Gasteiger partial charge in [-0.1, -0.05) is 50.4 Å². The molecular weight excluding hydrogens is 503 g/mol. The summed E-state index contributed by atoms with van der Waals surface area (Å²) in [5.41, 5.74) is 0.598. The average molecular weight is 542 g/mol. The van der Waals surface area contributed by atoms with E-state index in [9.17, 15) is 19.2 Å². The van der Waals surface area contributed by atoms with Crippen molar-refractivity contribution >= 4 is 46.8 Å². The monoisotopic (exact) mass is 540 g/mol. The fraction of sp³-hybridized carbons (Fsp3) is 0.615. The third-order valence-electron chi connectivity index (χ3n) is 6.30. The summed E-state index contributed by atoms with van der Waals surface area (Å²) in [7, 11) is 1.54. The summed E-state index contributed by atoms with van der Waals surface area (Å²) < 4.78 is 0. The normalized spacial score (nSPS) is 23.3. The van der Waals surface area contributed by atoms with Crippen LogP contribution in [0.5, 0.6) is 0 Å². The van der Waals surface area contributed by atoms with Gasteiger partial charge in [0.1, 0.15) is 18.1 Å². The Hall–Kier alpha value is -2.32. The number of nitrogens with zero attached hydrogens (tertiary/aromatic N) is 1. The predicted octanol–water partition coefficient (Wildman–Crippen LogP) is 3.48. The van der Waals surface area contributed by atoms with Gasteiger partial charge < -0.3 is 20.9 Å². The first-order valence-electron chi connectivity index (χ1n) is 12.6. The molecule has 3 N–H and O–H groups in total. The number of rotatable bonds is 5. The average Bonchev–Trinajstić information content (AvgIpc) is 2.82. The zero-order valence-electron chi connectivity index (χ0n) is 21.5. The number of nitrogens with one attached hydrogen (secondary N) is 3. The van der Waals surface area contributed by atoms with Gasteiger partial charge in [-0.2, -0.15) is 0 Å². The Morgan fingerprint density at radius 3 is 2.39 bits per heavy atom. The van der Waals surface area contributed by atoms with E-state index in [0.717, 1.165) is 12.8 Å². The number of benzene rings is 1. The maximum absolute atomic E-state index is 13.6. The topological polar surface area (TPSA) is 108 Å². The highest BCUT2D eigenvalue weighted by Gasteiger charge is 2.34. The summed E-state index contributed by atoms with van der Waals surface area (Å²) in [6.45, 7) is 6.22. The second kappa shape index (κ2) is 14.4. The molecule has 0 bridgehead atoms. The van der Waals surface area contributed by atoms with Crippen LogP contribution in [0.3, 0.4) is 0 Å². The van der Waals surface area contributed by atoms with Crippen molar-refractivity contribution in [2.24, 2.45) is 5.92 Å². The molecule has 0 spiro atoms. The summed E-state index contributed by atoms with van der Waals surface area (Å²) >= 11 is 12.5. The van der Waals surface area contributed by atoms with E-state index >= 15 is 0 Å². The summed E-state index contributed by atoms with van der Waals surface area (Å²) in [6.07, 6.45) is 3.35. The van der Waals surface area contributed by atoms with Crippen LogP contribution in [0, 0.1) is 5.92 Å². The van der Waals surface area contributed by atoms with E-state index in [1.54, 1.807) is 18.2 Å². The Morgan fingerprint density at radius 2 is 1.72 bits per heavy atom. The van der Waals surface area contributed by atoms with Crippen molar-refractivity contribution in [2.75, 3.05) is 13.6 Å². The van der Waals surface area contributed by atoms with E-state index in [0.29, 0.717) is 47.8 Å². The molecule has 8 nitrogen and oxygen atoms in total. The number of likely N-dealkylation sites (N-methyl/N-ethyl adjacent to an activating group) is 1.